The average Bonchev–Trinajstić information content (AvgIpc) is 3.12. The van der Waals surface area contributed by atoms with Gasteiger partial charge in [0.1, 0.15) is 5.82 Å². The molecule has 4 rings (SSSR count). The summed E-state index contributed by atoms with van der Waals surface area (Å²) in [6, 6.07) is 11.6. The third-order valence-corrected chi connectivity index (χ3v) is 6.05. The number of piperidine rings is 1. The minimum atomic E-state index is -0.236. The van der Waals surface area contributed by atoms with Gasteiger partial charge < -0.3 is 10.6 Å². The topological polar surface area (TPSA) is 73.4 Å². The molecule has 1 aliphatic carbocycles. The maximum atomic E-state index is 12.5. The summed E-state index contributed by atoms with van der Waals surface area (Å²) in [7, 11) is 0. The lowest BCUT2D eigenvalue weighted by atomic mass is 9.88. The van der Waals surface area contributed by atoms with E-state index in [1.54, 1.807) is 0 Å². The lowest BCUT2D eigenvalue weighted by Crippen LogP contribution is -2.37. The molecule has 1 aliphatic heterocycles. The van der Waals surface area contributed by atoms with Gasteiger partial charge >= 0.3 is 5.97 Å². The summed E-state index contributed by atoms with van der Waals surface area (Å²) >= 11 is 0. The molecule has 0 radical (unpaired) electrons. The van der Waals surface area contributed by atoms with Crippen LogP contribution in [-0.4, -0.2) is 27.4 Å². The Morgan fingerprint density at radius 1 is 1.28 bits per heavy atom. The van der Waals surface area contributed by atoms with Crippen molar-refractivity contribution in [2.75, 3.05) is 12.3 Å². The fraction of sp³-hybridized carbons (Fsp3) is 0.478. The second-order valence-corrected chi connectivity index (χ2v) is 8.39. The van der Waals surface area contributed by atoms with Crippen molar-refractivity contribution in [3.8, 4) is 0 Å². The predicted octanol–water partition coefficient (Wildman–Crippen LogP) is 4.15. The standard InChI is InChI=1S/C23H30N4O2/c1-23(13-7-3-8-14-23)27-21(24)17-19(25-27)20-12-6-9-15-26(20)29-22(28)16-18-10-4-2-5-11-18/h2-5,7,10-11,17,20H,6,8-9,12-16,24H2,1H3. The van der Waals surface area contributed by atoms with Crippen molar-refractivity contribution in [1.29, 1.82) is 0 Å². The molecule has 0 spiro atoms. The number of hydroxylamine groups is 2. The molecule has 1 saturated heterocycles. The Labute approximate surface area is 172 Å². The molecule has 2 aliphatic rings. The number of benzene rings is 1. The first kappa shape index (κ1) is 19.7. The van der Waals surface area contributed by atoms with Gasteiger partial charge in [0.05, 0.1) is 23.7 Å². The van der Waals surface area contributed by atoms with Gasteiger partial charge in [0.2, 0.25) is 0 Å². The molecule has 2 atom stereocenters. The van der Waals surface area contributed by atoms with Crippen molar-refractivity contribution in [1.82, 2.24) is 14.8 Å². The highest BCUT2D eigenvalue weighted by Gasteiger charge is 2.34. The van der Waals surface area contributed by atoms with Crippen LogP contribution in [0.4, 0.5) is 5.82 Å². The van der Waals surface area contributed by atoms with Crippen LogP contribution in [0.25, 0.3) is 0 Å². The molecular weight excluding hydrogens is 364 g/mol. The molecule has 6 heteroatoms. The van der Waals surface area contributed by atoms with Crippen LogP contribution in [-0.2, 0) is 21.6 Å². The third-order valence-electron chi connectivity index (χ3n) is 6.05. The molecule has 2 aromatic rings. The van der Waals surface area contributed by atoms with Crippen LogP contribution in [0.3, 0.4) is 0 Å². The number of hydrogen-bond acceptors (Lipinski definition) is 5. The normalized spacial score (nSPS) is 25.1. The fourth-order valence-electron chi connectivity index (χ4n) is 4.39. The van der Waals surface area contributed by atoms with E-state index in [0.29, 0.717) is 5.82 Å². The number of rotatable bonds is 5. The number of allylic oxidation sites excluding steroid dienone is 2. The summed E-state index contributed by atoms with van der Waals surface area (Å²) in [5, 5.41) is 6.70. The monoisotopic (exact) mass is 394 g/mol. The Balaban J connectivity index is 1.50. The van der Waals surface area contributed by atoms with Gasteiger partial charge in [0, 0.05) is 12.6 Å². The average molecular weight is 395 g/mol. The first-order valence-electron chi connectivity index (χ1n) is 10.6. The Hall–Kier alpha value is -2.60. The number of nitrogens with zero attached hydrogens (tertiary/aromatic N) is 3. The van der Waals surface area contributed by atoms with E-state index >= 15 is 0 Å². The number of carbonyl (C=O) groups is 1. The van der Waals surface area contributed by atoms with Crippen LogP contribution in [0.2, 0.25) is 0 Å². The van der Waals surface area contributed by atoms with Crippen molar-refractivity contribution < 1.29 is 9.63 Å². The van der Waals surface area contributed by atoms with E-state index in [1.807, 2.05) is 46.1 Å². The van der Waals surface area contributed by atoms with Crippen molar-refractivity contribution in [3.63, 3.8) is 0 Å². The summed E-state index contributed by atoms with van der Waals surface area (Å²) in [4.78, 5) is 18.3. The second kappa shape index (κ2) is 8.41. The molecule has 2 heterocycles. The van der Waals surface area contributed by atoms with Crippen LogP contribution >= 0.6 is 0 Å². The minimum Gasteiger partial charge on any atom is -0.384 e. The van der Waals surface area contributed by atoms with Crippen molar-refractivity contribution >= 4 is 11.8 Å². The van der Waals surface area contributed by atoms with Crippen molar-refractivity contribution in [2.24, 2.45) is 0 Å². The third kappa shape index (κ3) is 4.37. The van der Waals surface area contributed by atoms with E-state index < -0.39 is 0 Å². The number of nitrogens with two attached hydrogens (primary N) is 1. The summed E-state index contributed by atoms with van der Waals surface area (Å²) in [6.45, 7) is 2.93. The maximum absolute atomic E-state index is 12.5. The quantitative estimate of drug-likeness (QED) is 0.771. The van der Waals surface area contributed by atoms with E-state index in [2.05, 4.69) is 19.1 Å². The molecule has 2 N–H and O–H groups in total. The smallest absolute Gasteiger partial charge is 0.329 e. The van der Waals surface area contributed by atoms with Gasteiger partial charge in [0.25, 0.3) is 0 Å². The van der Waals surface area contributed by atoms with Crippen LogP contribution in [0.1, 0.15) is 62.7 Å². The molecule has 0 bridgehead atoms. The summed E-state index contributed by atoms with van der Waals surface area (Å²) in [6.07, 6.45) is 10.7. The zero-order valence-corrected chi connectivity index (χ0v) is 17.1. The highest BCUT2D eigenvalue weighted by Crippen LogP contribution is 2.36. The zero-order valence-electron chi connectivity index (χ0n) is 17.1. The molecule has 1 fully saturated rings. The molecule has 29 heavy (non-hydrogen) atoms. The summed E-state index contributed by atoms with van der Waals surface area (Å²) in [5.74, 6) is 0.443. The van der Waals surface area contributed by atoms with Crippen molar-refractivity contribution in [3.05, 3.63) is 59.8 Å². The Kier molecular flexibility index (Phi) is 5.72. The van der Waals surface area contributed by atoms with Crippen LogP contribution in [0.5, 0.6) is 0 Å². The lowest BCUT2D eigenvalue weighted by molar-refractivity contribution is -0.209. The Bertz CT molecular complexity index is 876. The highest BCUT2D eigenvalue weighted by atomic mass is 16.7. The molecule has 0 saturated carbocycles. The summed E-state index contributed by atoms with van der Waals surface area (Å²) in [5.41, 5.74) is 8.12. The molecule has 6 nitrogen and oxygen atoms in total. The van der Waals surface area contributed by atoms with Gasteiger partial charge in [-0.05, 0) is 51.0 Å². The molecule has 154 valence electrons. The predicted molar refractivity (Wildman–Crippen MR) is 113 cm³/mol. The van der Waals surface area contributed by atoms with E-state index in [0.717, 1.165) is 56.3 Å². The largest absolute Gasteiger partial charge is 0.384 e. The first-order valence-corrected chi connectivity index (χ1v) is 10.6. The van der Waals surface area contributed by atoms with Crippen LogP contribution < -0.4 is 5.73 Å². The molecule has 2 unspecified atom stereocenters. The highest BCUT2D eigenvalue weighted by molar-refractivity contribution is 5.72. The van der Waals surface area contributed by atoms with Crippen LogP contribution in [0.15, 0.2) is 48.6 Å². The first-order chi connectivity index (χ1) is 14.0. The summed E-state index contributed by atoms with van der Waals surface area (Å²) < 4.78 is 1.98. The zero-order chi connectivity index (χ0) is 20.3. The van der Waals surface area contributed by atoms with Crippen LogP contribution in [0, 0.1) is 0 Å². The SMILES string of the molecule is CC1(n2nc(C3CCCCN3OC(=O)Cc3ccccc3)cc2N)CC=CCC1. The van der Waals surface area contributed by atoms with E-state index in [-0.39, 0.29) is 24.0 Å². The van der Waals surface area contributed by atoms with Gasteiger partial charge in [0.15, 0.2) is 0 Å². The number of nitrogen functional groups attached to an aromatic ring is 1. The molecule has 1 aromatic heterocycles. The Morgan fingerprint density at radius 3 is 2.86 bits per heavy atom. The van der Waals surface area contributed by atoms with E-state index in [1.165, 1.54) is 0 Å². The molecular formula is C23H30N4O2. The molecule has 1 aromatic carbocycles. The number of anilines is 1. The van der Waals surface area contributed by atoms with Gasteiger partial charge in [-0.15, -0.1) is 5.06 Å². The van der Waals surface area contributed by atoms with Gasteiger partial charge in [-0.1, -0.05) is 42.5 Å². The minimum absolute atomic E-state index is 0.0465. The number of carbonyl (C=O) groups excluding carboxylic acids is 1. The lowest BCUT2D eigenvalue weighted by Gasteiger charge is -2.34. The van der Waals surface area contributed by atoms with E-state index in [9.17, 15) is 4.79 Å². The van der Waals surface area contributed by atoms with Crippen molar-refractivity contribution in [2.45, 2.75) is 63.5 Å². The van der Waals surface area contributed by atoms with Gasteiger partial charge in [-0.3, -0.25) is 0 Å². The number of hydrogen-bond donors (Lipinski definition) is 1. The number of aromatic nitrogens is 2. The van der Waals surface area contributed by atoms with Gasteiger partial charge in [-0.2, -0.15) is 5.10 Å². The molecule has 0 amide bonds. The van der Waals surface area contributed by atoms with E-state index in [4.69, 9.17) is 15.7 Å². The van der Waals surface area contributed by atoms with Gasteiger partial charge in [-0.25, -0.2) is 9.48 Å². The fourth-order valence-corrected chi connectivity index (χ4v) is 4.39. The second-order valence-electron chi connectivity index (χ2n) is 8.39. The Morgan fingerprint density at radius 2 is 2.10 bits per heavy atom. The maximum Gasteiger partial charge on any atom is 0.329 e.